The second-order valence-electron chi connectivity index (χ2n) is 7.60. The van der Waals surface area contributed by atoms with Crippen LogP contribution in [-0.2, 0) is 0 Å². The van der Waals surface area contributed by atoms with E-state index in [1.165, 1.54) is 12.1 Å². The molecule has 3 N–H and O–H groups in total. The lowest BCUT2D eigenvalue weighted by Gasteiger charge is -2.22. The summed E-state index contributed by atoms with van der Waals surface area (Å²) in [5.74, 6) is 0.172. The van der Waals surface area contributed by atoms with Crippen molar-refractivity contribution >= 4 is 17.3 Å². The van der Waals surface area contributed by atoms with Crippen molar-refractivity contribution in [3.63, 3.8) is 0 Å². The molecule has 0 fully saturated rings. The first-order chi connectivity index (χ1) is 15.4. The number of anilines is 1. The molecule has 0 aliphatic heterocycles. The van der Waals surface area contributed by atoms with Gasteiger partial charge in [-0.2, -0.15) is 0 Å². The largest absolute Gasteiger partial charge is 0.508 e. The van der Waals surface area contributed by atoms with Crippen molar-refractivity contribution in [2.24, 2.45) is 5.73 Å². The average Bonchev–Trinajstić information content (AvgIpc) is 3.28. The third-order valence-electron chi connectivity index (χ3n) is 5.41. The Bertz CT molecular complexity index is 1340. The van der Waals surface area contributed by atoms with E-state index < -0.39 is 5.82 Å². The summed E-state index contributed by atoms with van der Waals surface area (Å²) >= 11 is 0. The third kappa shape index (κ3) is 3.74. The van der Waals surface area contributed by atoms with Gasteiger partial charge in [-0.05, 0) is 43.1 Å². The van der Waals surface area contributed by atoms with Crippen molar-refractivity contribution in [3.05, 3.63) is 71.6 Å². The Hall–Kier alpha value is -3.96. The first-order valence-electron chi connectivity index (χ1n) is 10.2. The second kappa shape index (κ2) is 8.65. The van der Waals surface area contributed by atoms with Crippen LogP contribution in [0.2, 0.25) is 0 Å². The predicted molar refractivity (Wildman–Crippen MR) is 123 cm³/mol. The summed E-state index contributed by atoms with van der Waals surface area (Å²) in [6, 6.07) is 9.80. The molecule has 32 heavy (non-hydrogen) atoms. The molecule has 7 nitrogen and oxygen atoms in total. The molecule has 0 saturated carbocycles. The molecule has 4 aromatic rings. The van der Waals surface area contributed by atoms with Crippen LogP contribution in [-0.4, -0.2) is 39.6 Å². The van der Waals surface area contributed by atoms with Crippen molar-refractivity contribution in [3.8, 4) is 28.1 Å². The summed E-state index contributed by atoms with van der Waals surface area (Å²) in [5, 5.41) is 10.3. The molecule has 2 heterocycles. The molecule has 0 atom stereocenters. The number of fused-ring (bicyclic) bond motifs is 1. The standard InChI is InChI=1S/C24H23FN6O/c1-15-5-6-16(14-20(15)32)21-22(17-7-8-19(27-2)18(25)13-17)29-24(30(3)11-4-9-26)31-12-10-28-23(21)31/h5-8,10,12-14,32H,4,9,11,26H2,1,3H3. The van der Waals surface area contributed by atoms with Gasteiger partial charge >= 0.3 is 0 Å². The van der Waals surface area contributed by atoms with Crippen LogP contribution < -0.4 is 10.6 Å². The zero-order valence-electron chi connectivity index (χ0n) is 17.9. The summed E-state index contributed by atoms with van der Waals surface area (Å²) in [6.07, 6.45) is 4.29. The normalized spacial score (nSPS) is 11.0. The number of nitrogens with two attached hydrogens (primary N) is 1. The minimum atomic E-state index is -0.613. The number of phenolic OH excluding ortho intramolecular Hbond substituents is 1. The van der Waals surface area contributed by atoms with E-state index in [0.29, 0.717) is 47.1 Å². The highest BCUT2D eigenvalue weighted by atomic mass is 19.1. The number of hydrogen-bond donors (Lipinski definition) is 2. The Morgan fingerprint density at radius 2 is 2.00 bits per heavy atom. The lowest BCUT2D eigenvalue weighted by Crippen LogP contribution is -2.24. The predicted octanol–water partition coefficient (Wildman–Crippen LogP) is 4.55. The molecule has 0 bridgehead atoms. The molecular formula is C24H23FN6O. The number of benzene rings is 2. The Morgan fingerprint density at radius 1 is 1.22 bits per heavy atom. The fraction of sp³-hybridized carbons (Fsp3) is 0.208. The molecule has 0 spiro atoms. The quantitative estimate of drug-likeness (QED) is 0.439. The van der Waals surface area contributed by atoms with Gasteiger partial charge in [0.15, 0.2) is 0 Å². The maximum atomic E-state index is 14.5. The number of aromatic nitrogens is 3. The zero-order chi connectivity index (χ0) is 22.8. The van der Waals surface area contributed by atoms with Gasteiger partial charge in [0.2, 0.25) is 11.6 Å². The van der Waals surface area contributed by atoms with Crippen LogP contribution in [0.25, 0.3) is 32.9 Å². The van der Waals surface area contributed by atoms with Crippen LogP contribution >= 0.6 is 0 Å². The van der Waals surface area contributed by atoms with E-state index in [4.69, 9.17) is 17.3 Å². The van der Waals surface area contributed by atoms with Gasteiger partial charge in [0.05, 0.1) is 17.8 Å². The summed E-state index contributed by atoms with van der Waals surface area (Å²) in [7, 11) is 1.92. The summed E-state index contributed by atoms with van der Waals surface area (Å²) in [4.78, 5) is 14.7. The molecule has 8 heteroatoms. The number of phenols is 1. The number of halogens is 1. The number of aryl methyl sites for hydroxylation is 1. The van der Waals surface area contributed by atoms with Crippen LogP contribution in [0.5, 0.6) is 5.75 Å². The maximum Gasteiger partial charge on any atom is 0.222 e. The molecule has 4 rings (SSSR count). The van der Waals surface area contributed by atoms with E-state index in [-0.39, 0.29) is 11.4 Å². The number of rotatable bonds is 6. The van der Waals surface area contributed by atoms with Gasteiger partial charge < -0.3 is 15.7 Å². The number of imidazole rings is 1. The minimum Gasteiger partial charge on any atom is -0.508 e. The summed E-state index contributed by atoms with van der Waals surface area (Å²) in [6.45, 7) is 10.2. The Balaban J connectivity index is 2.03. The van der Waals surface area contributed by atoms with E-state index in [1.54, 1.807) is 18.3 Å². The molecule has 0 saturated heterocycles. The first-order valence-corrected chi connectivity index (χ1v) is 10.2. The summed E-state index contributed by atoms with van der Waals surface area (Å²) < 4.78 is 16.4. The van der Waals surface area contributed by atoms with E-state index in [2.05, 4.69) is 9.83 Å². The highest BCUT2D eigenvalue weighted by molar-refractivity contribution is 5.91. The Morgan fingerprint density at radius 3 is 2.69 bits per heavy atom. The van der Waals surface area contributed by atoms with E-state index in [0.717, 1.165) is 12.0 Å². The van der Waals surface area contributed by atoms with Gasteiger partial charge in [0, 0.05) is 31.5 Å². The van der Waals surface area contributed by atoms with Crippen molar-refractivity contribution in [1.29, 1.82) is 0 Å². The molecule has 2 aromatic carbocycles. The van der Waals surface area contributed by atoms with Crippen LogP contribution in [0.4, 0.5) is 16.0 Å². The first kappa shape index (κ1) is 21.3. The third-order valence-corrected chi connectivity index (χ3v) is 5.41. The average molecular weight is 430 g/mol. The molecule has 2 aromatic heterocycles. The van der Waals surface area contributed by atoms with Crippen molar-refractivity contribution in [2.45, 2.75) is 13.3 Å². The minimum absolute atomic E-state index is 0.0505. The second-order valence-corrected chi connectivity index (χ2v) is 7.60. The van der Waals surface area contributed by atoms with Crippen molar-refractivity contribution < 1.29 is 9.50 Å². The molecule has 0 radical (unpaired) electrons. The number of nitrogens with zero attached hydrogens (tertiary/aromatic N) is 5. The maximum absolute atomic E-state index is 14.5. The van der Waals surface area contributed by atoms with Crippen LogP contribution in [0.3, 0.4) is 0 Å². The van der Waals surface area contributed by atoms with Gasteiger partial charge in [-0.15, -0.1) is 0 Å². The van der Waals surface area contributed by atoms with Crippen LogP contribution in [0, 0.1) is 19.3 Å². The van der Waals surface area contributed by atoms with Gasteiger partial charge in [-0.25, -0.2) is 19.2 Å². The monoisotopic (exact) mass is 430 g/mol. The molecule has 0 amide bonds. The fourth-order valence-electron chi connectivity index (χ4n) is 3.65. The SMILES string of the molecule is [C-]#[N+]c1ccc(-c2nc(N(C)CCCN)n3ccnc3c2-c2ccc(C)c(O)c2)cc1F. The Labute approximate surface area is 185 Å². The van der Waals surface area contributed by atoms with Gasteiger partial charge in [-0.1, -0.05) is 24.3 Å². The summed E-state index contributed by atoms with van der Waals surface area (Å²) in [5.41, 5.74) is 9.40. The van der Waals surface area contributed by atoms with Gasteiger partial charge in [-0.3, -0.25) is 4.40 Å². The molecular weight excluding hydrogens is 407 g/mol. The molecule has 0 unspecified atom stereocenters. The van der Waals surface area contributed by atoms with Crippen molar-refractivity contribution in [1.82, 2.24) is 14.4 Å². The highest BCUT2D eigenvalue weighted by Crippen LogP contribution is 2.38. The Kier molecular flexibility index (Phi) is 5.75. The molecule has 162 valence electrons. The van der Waals surface area contributed by atoms with Gasteiger partial charge in [0.1, 0.15) is 17.2 Å². The van der Waals surface area contributed by atoms with Crippen LogP contribution in [0.1, 0.15) is 12.0 Å². The van der Waals surface area contributed by atoms with E-state index in [9.17, 15) is 9.50 Å². The zero-order valence-corrected chi connectivity index (χ0v) is 17.9. The van der Waals surface area contributed by atoms with Gasteiger partial charge in [0.25, 0.3) is 0 Å². The molecule has 0 aliphatic carbocycles. The van der Waals surface area contributed by atoms with Crippen LogP contribution in [0.15, 0.2) is 48.8 Å². The lowest BCUT2D eigenvalue weighted by atomic mass is 9.98. The van der Waals surface area contributed by atoms with E-state index in [1.807, 2.05) is 41.6 Å². The topological polar surface area (TPSA) is 84.0 Å². The molecule has 0 aliphatic rings. The lowest BCUT2D eigenvalue weighted by molar-refractivity contribution is 0.471. The smallest absolute Gasteiger partial charge is 0.222 e. The highest BCUT2D eigenvalue weighted by Gasteiger charge is 2.21. The van der Waals surface area contributed by atoms with E-state index >= 15 is 0 Å². The fourth-order valence-corrected chi connectivity index (χ4v) is 3.65. The number of aromatic hydroxyl groups is 1. The van der Waals surface area contributed by atoms with Crippen molar-refractivity contribution in [2.75, 3.05) is 25.0 Å². The number of hydrogen-bond acceptors (Lipinski definition) is 5.